The van der Waals surface area contributed by atoms with E-state index in [-0.39, 0.29) is 11.8 Å². The molecule has 3 nitrogen and oxygen atoms in total. The lowest BCUT2D eigenvalue weighted by Crippen LogP contribution is -2.33. The minimum Gasteiger partial charge on any atom is -0.355 e. The van der Waals surface area contributed by atoms with Gasteiger partial charge in [0.2, 0.25) is 5.91 Å². The molecule has 1 unspecified atom stereocenters. The standard InChI is InChI=1S/C15H22N2O/c1-11-3-4-13(12(2)9-11)6-8-17-15(18)14-5-7-16-10-14/h3-4,9,14,16H,5-8,10H2,1-2H3,(H,17,18). The van der Waals surface area contributed by atoms with E-state index in [9.17, 15) is 4.79 Å². The Labute approximate surface area is 109 Å². The van der Waals surface area contributed by atoms with Crippen LogP contribution in [0.15, 0.2) is 18.2 Å². The molecule has 1 saturated heterocycles. The lowest BCUT2D eigenvalue weighted by atomic mass is 10.0. The van der Waals surface area contributed by atoms with Crippen LogP contribution in [0.25, 0.3) is 0 Å². The second-order valence-electron chi connectivity index (χ2n) is 5.16. The molecule has 1 aromatic carbocycles. The Morgan fingerprint density at radius 1 is 1.44 bits per heavy atom. The van der Waals surface area contributed by atoms with Crippen molar-refractivity contribution in [3.8, 4) is 0 Å². The Hall–Kier alpha value is -1.35. The minimum atomic E-state index is 0.170. The largest absolute Gasteiger partial charge is 0.355 e. The summed E-state index contributed by atoms with van der Waals surface area (Å²) in [7, 11) is 0. The summed E-state index contributed by atoms with van der Waals surface area (Å²) in [6, 6.07) is 6.48. The zero-order valence-corrected chi connectivity index (χ0v) is 11.3. The van der Waals surface area contributed by atoms with Crippen molar-refractivity contribution in [2.45, 2.75) is 26.7 Å². The smallest absolute Gasteiger partial charge is 0.224 e. The lowest BCUT2D eigenvalue weighted by molar-refractivity contribution is -0.124. The molecular formula is C15H22N2O. The highest BCUT2D eigenvalue weighted by Crippen LogP contribution is 2.11. The van der Waals surface area contributed by atoms with Crippen LogP contribution >= 0.6 is 0 Å². The zero-order valence-electron chi connectivity index (χ0n) is 11.3. The summed E-state index contributed by atoms with van der Waals surface area (Å²) in [6.45, 7) is 6.76. The van der Waals surface area contributed by atoms with Crippen molar-refractivity contribution in [2.75, 3.05) is 19.6 Å². The van der Waals surface area contributed by atoms with E-state index >= 15 is 0 Å². The fourth-order valence-corrected chi connectivity index (χ4v) is 2.47. The van der Waals surface area contributed by atoms with Crippen molar-refractivity contribution in [3.63, 3.8) is 0 Å². The highest BCUT2D eigenvalue weighted by molar-refractivity contribution is 5.79. The number of carbonyl (C=O) groups excluding carboxylic acids is 1. The molecule has 1 aromatic rings. The van der Waals surface area contributed by atoms with Crippen molar-refractivity contribution in [1.82, 2.24) is 10.6 Å². The first kappa shape index (κ1) is 13.1. The van der Waals surface area contributed by atoms with E-state index in [4.69, 9.17) is 0 Å². The average molecular weight is 246 g/mol. The maximum absolute atomic E-state index is 11.8. The molecular weight excluding hydrogens is 224 g/mol. The molecule has 98 valence electrons. The number of carbonyl (C=O) groups is 1. The van der Waals surface area contributed by atoms with Crippen LogP contribution in [-0.4, -0.2) is 25.5 Å². The van der Waals surface area contributed by atoms with Gasteiger partial charge in [0, 0.05) is 13.1 Å². The highest BCUT2D eigenvalue weighted by atomic mass is 16.1. The Balaban J connectivity index is 1.79. The summed E-state index contributed by atoms with van der Waals surface area (Å²) in [4.78, 5) is 11.8. The van der Waals surface area contributed by atoms with Gasteiger partial charge in [-0.25, -0.2) is 0 Å². The van der Waals surface area contributed by atoms with Gasteiger partial charge < -0.3 is 10.6 Å². The molecule has 1 fully saturated rings. The molecule has 0 spiro atoms. The summed E-state index contributed by atoms with van der Waals surface area (Å²) in [6.07, 6.45) is 1.88. The fraction of sp³-hybridized carbons (Fsp3) is 0.533. The predicted octanol–water partition coefficient (Wildman–Crippen LogP) is 1.57. The number of aryl methyl sites for hydroxylation is 2. The van der Waals surface area contributed by atoms with Gasteiger partial charge in [0.25, 0.3) is 0 Å². The van der Waals surface area contributed by atoms with Gasteiger partial charge in [0.15, 0.2) is 0 Å². The molecule has 1 aliphatic heterocycles. The second kappa shape index (κ2) is 6.01. The highest BCUT2D eigenvalue weighted by Gasteiger charge is 2.21. The van der Waals surface area contributed by atoms with E-state index in [0.29, 0.717) is 0 Å². The first-order chi connectivity index (χ1) is 8.66. The molecule has 2 rings (SSSR count). The van der Waals surface area contributed by atoms with E-state index in [1.807, 2.05) is 0 Å². The van der Waals surface area contributed by atoms with Crippen LogP contribution in [-0.2, 0) is 11.2 Å². The van der Waals surface area contributed by atoms with Crippen LogP contribution in [0.3, 0.4) is 0 Å². The van der Waals surface area contributed by atoms with E-state index in [2.05, 4.69) is 42.7 Å². The predicted molar refractivity (Wildman–Crippen MR) is 73.6 cm³/mol. The van der Waals surface area contributed by atoms with Gasteiger partial charge in [0.05, 0.1) is 5.92 Å². The molecule has 0 radical (unpaired) electrons. The number of amides is 1. The van der Waals surface area contributed by atoms with Gasteiger partial charge in [-0.05, 0) is 44.4 Å². The number of hydrogen-bond acceptors (Lipinski definition) is 2. The molecule has 1 atom stereocenters. The van der Waals surface area contributed by atoms with E-state index < -0.39 is 0 Å². The normalized spacial score (nSPS) is 18.9. The van der Waals surface area contributed by atoms with Crippen LogP contribution in [0.4, 0.5) is 0 Å². The van der Waals surface area contributed by atoms with E-state index in [0.717, 1.165) is 32.5 Å². The van der Waals surface area contributed by atoms with Crippen LogP contribution in [0.2, 0.25) is 0 Å². The lowest BCUT2D eigenvalue weighted by Gasteiger charge is -2.11. The number of rotatable bonds is 4. The molecule has 18 heavy (non-hydrogen) atoms. The van der Waals surface area contributed by atoms with Crippen molar-refractivity contribution in [3.05, 3.63) is 34.9 Å². The van der Waals surface area contributed by atoms with Crippen molar-refractivity contribution in [2.24, 2.45) is 5.92 Å². The Kier molecular flexibility index (Phi) is 4.37. The average Bonchev–Trinajstić information content (AvgIpc) is 2.85. The molecule has 1 amide bonds. The van der Waals surface area contributed by atoms with Gasteiger partial charge in [0.1, 0.15) is 0 Å². The summed E-state index contributed by atoms with van der Waals surface area (Å²) >= 11 is 0. The molecule has 2 N–H and O–H groups in total. The fourth-order valence-electron chi connectivity index (χ4n) is 2.47. The molecule has 0 aromatic heterocycles. The van der Waals surface area contributed by atoms with Crippen LogP contribution in [0.1, 0.15) is 23.1 Å². The van der Waals surface area contributed by atoms with Crippen molar-refractivity contribution >= 4 is 5.91 Å². The third-order valence-electron chi connectivity index (χ3n) is 3.62. The van der Waals surface area contributed by atoms with Crippen LogP contribution in [0.5, 0.6) is 0 Å². The first-order valence-electron chi connectivity index (χ1n) is 6.71. The molecule has 0 aliphatic carbocycles. The summed E-state index contributed by atoms with van der Waals surface area (Å²) < 4.78 is 0. The topological polar surface area (TPSA) is 41.1 Å². The van der Waals surface area contributed by atoms with E-state index in [1.54, 1.807) is 0 Å². The zero-order chi connectivity index (χ0) is 13.0. The Bertz CT molecular complexity index is 423. The minimum absolute atomic E-state index is 0.170. The number of benzene rings is 1. The molecule has 0 saturated carbocycles. The van der Waals surface area contributed by atoms with Gasteiger partial charge >= 0.3 is 0 Å². The molecule has 1 aliphatic rings. The maximum Gasteiger partial charge on any atom is 0.224 e. The molecule has 1 heterocycles. The van der Waals surface area contributed by atoms with E-state index in [1.165, 1.54) is 16.7 Å². The second-order valence-corrected chi connectivity index (χ2v) is 5.16. The van der Waals surface area contributed by atoms with Gasteiger partial charge in [-0.1, -0.05) is 23.8 Å². The van der Waals surface area contributed by atoms with Gasteiger partial charge in [-0.15, -0.1) is 0 Å². The monoisotopic (exact) mass is 246 g/mol. The van der Waals surface area contributed by atoms with Crippen LogP contribution in [0, 0.1) is 19.8 Å². The van der Waals surface area contributed by atoms with Gasteiger partial charge in [-0.3, -0.25) is 4.79 Å². The number of hydrogen-bond donors (Lipinski definition) is 2. The molecule has 3 heteroatoms. The number of nitrogens with one attached hydrogen (secondary N) is 2. The SMILES string of the molecule is Cc1ccc(CCNC(=O)C2CCNC2)c(C)c1. The summed E-state index contributed by atoms with van der Waals surface area (Å²) in [5.74, 6) is 0.369. The van der Waals surface area contributed by atoms with Crippen LogP contribution < -0.4 is 10.6 Å². The summed E-state index contributed by atoms with van der Waals surface area (Å²) in [5.41, 5.74) is 3.93. The Morgan fingerprint density at radius 2 is 2.28 bits per heavy atom. The first-order valence-corrected chi connectivity index (χ1v) is 6.71. The van der Waals surface area contributed by atoms with Gasteiger partial charge in [-0.2, -0.15) is 0 Å². The van der Waals surface area contributed by atoms with Crippen molar-refractivity contribution < 1.29 is 4.79 Å². The quantitative estimate of drug-likeness (QED) is 0.846. The third kappa shape index (κ3) is 3.33. The maximum atomic E-state index is 11.8. The summed E-state index contributed by atoms with van der Waals surface area (Å²) in [5, 5.41) is 6.25. The molecule has 0 bridgehead atoms. The Morgan fingerprint density at radius 3 is 2.94 bits per heavy atom. The van der Waals surface area contributed by atoms with Crippen molar-refractivity contribution in [1.29, 1.82) is 0 Å². The third-order valence-corrected chi connectivity index (χ3v) is 3.62.